The number of hydrogen-bond acceptors (Lipinski definition) is 7. The number of aromatic nitrogens is 4. The van der Waals surface area contributed by atoms with Crippen molar-refractivity contribution >= 4 is 27.2 Å². The quantitative estimate of drug-likeness (QED) is 0.711. The highest BCUT2D eigenvalue weighted by molar-refractivity contribution is 7.19. The fraction of sp³-hybridized carbons (Fsp3) is 0.562. The van der Waals surface area contributed by atoms with Gasteiger partial charge in [0.2, 0.25) is 0 Å². The van der Waals surface area contributed by atoms with Crippen molar-refractivity contribution in [2.45, 2.75) is 39.0 Å². The third-order valence-corrected chi connectivity index (χ3v) is 5.33. The predicted octanol–water partition coefficient (Wildman–Crippen LogP) is 1.93. The van der Waals surface area contributed by atoms with E-state index in [1.807, 2.05) is 0 Å². The van der Waals surface area contributed by atoms with E-state index in [0.29, 0.717) is 19.8 Å². The Hall–Kier alpha value is -1.61. The summed E-state index contributed by atoms with van der Waals surface area (Å²) in [7, 11) is 1.69. The molecule has 3 aromatic rings. The molecule has 0 aromatic carbocycles. The van der Waals surface area contributed by atoms with Crippen LogP contribution in [0.4, 0.5) is 0 Å². The minimum Gasteiger partial charge on any atom is -0.383 e. The van der Waals surface area contributed by atoms with Gasteiger partial charge < -0.3 is 14.8 Å². The van der Waals surface area contributed by atoms with Gasteiger partial charge >= 0.3 is 0 Å². The van der Waals surface area contributed by atoms with Gasteiger partial charge in [0.25, 0.3) is 0 Å². The molecule has 128 valence electrons. The second-order valence-electron chi connectivity index (χ2n) is 6.62. The molecule has 3 aromatic heterocycles. The first-order chi connectivity index (χ1) is 11.6. The summed E-state index contributed by atoms with van der Waals surface area (Å²) >= 11 is 1.70. The van der Waals surface area contributed by atoms with Crippen molar-refractivity contribution in [1.29, 1.82) is 0 Å². The van der Waals surface area contributed by atoms with Crippen LogP contribution >= 0.6 is 11.3 Å². The van der Waals surface area contributed by atoms with Crippen molar-refractivity contribution in [1.82, 2.24) is 24.9 Å². The zero-order valence-electron chi connectivity index (χ0n) is 14.1. The van der Waals surface area contributed by atoms with E-state index in [1.54, 1.807) is 29.3 Å². The van der Waals surface area contributed by atoms with Crippen LogP contribution in [0, 0.1) is 0 Å². The molecule has 1 N–H and O–H groups in total. The van der Waals surface area contributed by atoms with Crippen molar-refractivity contribution in [2.75, 3.05) is 20.3 Å². The number of ether oxygens (including phenoxy) is 2. The lowest BCUT2D eigenvalue weighted by molar-refractivity contribution is -0.0379. The highest BCUT2D eigenvalue weighted by atomic mass is 32.1. The number of thiophene rings is 1. The Bertz CT molecular complexity index is 885. The smallest absolute Gasteiger partial charge is 0.168 e. The van der Waals surface area contributed by atoms with E-state index in [9.17, 15) is 0 Å². The Kier molecular flexibility index (Phi) is 4.00. The molecule has 0 spiro atoms. The number of fused-ring (bicyclic) bond motifs is 5. The Morgan fingerprint density at radius 1 is 1.46 bits per heavy atom. The average molecular weight is 347 g/mol. The predicted molar refractivity (Wildman–Crippen MR) is 92.3 cm³/mol. The minimum absolute atomic E-state index is 0.154. The highest BCUT2D eigenvalue weighted by Crippen LogP contribution is 2.39. The maximum atomic E-state index is 5.93. The van der Waals surface area contributed by atoms with Gasteiger partial charge in [0.1, 0.15) is 11.2 Å². The van der Waals surface area contributed by atoms with Crippen LogP contribution in [0.1, 0.15) is 30.1 Å². The second-order valence-corrected chi connectivity index (χ2v) is 7.70. The van der Waals surface area contributed by atoms with Crippen LogP contribution in [0.25, 0.3) is 15.9 Å². The van der Waals surface area contributed by atoms with Crippen molar-refractivity contribution in [2.24, 2.45) is 0 Å². The number of methoxy groups -OCH3 is 1. The van der Waals surface area contributed by atoms with Crippen LogP contribution in [-0.4, -0.2) is 45.4 Å². The first-order valence-corrected chi connectivity index (χ1v) is 8.87. The van der Waals surface area contributed by atoms with E-state index in [2.05, 4.69) is 29.2 Å². The number of rotatable bonds is 5. The van der Waals surface area contributed by atoms with E-state index < -0.39 is 0 Å². The molecule has 0 fully saturated rings. The molecule has 8 heteroatoms. The molecule has 24 heavy (non-hydrogen) atoms. The van der Waals surface area contributed by atoms with Crippen molar-refractivity contribution in [3.05, 3.63) is 22.6 Å². The summed E-state index contributed by atoms with van der Waals surface area (Å²) in [6, 6.07) is 0. The average Bonchev–Trinajstić information content (AvgIpc) is 3.10. The topological polar surface area (TPSA) is 73.6 Å². The molecule has 0 bridgehead atoms. The monoisotopic (exact) mass is 347 g/mol. The normalized spacial score (nSPS) is 16.8. The third-order valence-electron chi connectivity index (χ3n) is 4.22. The lowest BCUT2D eigenvalue weighted by Crippen LogP contribution is -2.31. The summed E-state index contributed by atoms with van der Waals surface area (Å²) in [5, 5.41) is 8.95. The Balaban J connectivity index is 1.74. The largest absolute Gasteiger partial charge is 0.383 e. The fourth-order valence-corrected chi connectivity index (χ4v) is 4.10. The number of nitrogens with one attached hydrogen (secondary N) is 1. The fourth-order valence-electron chi connectivity index (χ4n) is 3.04. The minimum atomic E-state index is -0.154. The molecule has 0 saturated heterocycles. The van der Waals surface area contributed by atoms with Gasteiger partial charge in [-0.25, -0.2) is 14.5 Å². The summed E-state index contributed by atoms with van der Waals surface area (Å²) in [6.45, 7) is 6.97. The molecule has 0 amide bonds. The molecule has 0 radical (unpaired) electrons. The Morgan fingerprint density at radius 2 is 2.33 bits per heavy atom. The lowest BCUT2D eigenvalue weighted by atomic mass is 9.94. The van der Waals surface area contributed by atoms with Crippen LogP contribution in [0.3, 0.4) is 0 Å². The lowest BCUT2D eigenvalue weighted by Gasteiger charge is -2.30. The van der Waals surface area contributed by atoms with Crippen molar-refractivity contribution in [3.8, 4) is 0 Å². The van der Waals surface area contributed by atoms with Crippen molar-refractivity contribution < 1.29 is 9.47 Å². The molecule has 0 saturated carbocycles. The molecule has 0 aliphatic carbocycles. The zero-order chi connectivity index (χ0) is 16.7. The first kappa shape index (κ1) is 15.9. The first-order valence-electron chi connectivity index (χ1n) is 8.05. The molecule has 7 nitrogen and oxygen atoms in total. The van der Waals surface area contributed by atoms with Gasteiger partial charge in [-0.3, -0.25) is 0 Å². The summed E-state index contributed by atoms with van der Waals surface area (Å²) in [4.78, 5) is 11.6. The molecule has 4 rings (SSSR count). The molecule has 4 heterocycles. The standard InChI is InChI=1S/C16H21N5O2S/c1-16(2)6-10-11(8-23-16)24-15-13(10)14-19-12(7-17-4-5-22-3)20-21(14)9-18-15/h9,17H,4-8H2,1-3H3. The van der Waals surface area contributed by atoms with E-state index in [1.165, 1.54) is 10.4 Å². The summed E-state index contributed by atoms with van der Waals surface area (Å²) in [5.74, 6) is 0.770. The van der Waals surface area contributed by atoms with Gasteiger partial charge in [0.15, 0.2) is 11.5 Å². The molecule has 0 atom stereocenters. The maximum absolute atomic E-state index is 5.93. The van der Waals surface area contributed by atoms with Crippen LogP contribution in [0.5, 0.6) is 0 Å². The van der Waals surface area contributed by atoms with Crippen LogP contribution < -0.4 is 5.32 Å². The molecular weight excluding hydrogens is 326 g/mol. The molecule has 1 aliphatic rings. The van der Waals surface area contributed by atoms with Crippen LogP contribution in [0.2, 0.25) is 0 Å². The Morgan fingerprint density at radius 3 is 3.17 bits per heavy atom. The van der Waals surface area contributed by atoms with Gasteiger partial charge in [0, 0.05) is 25.0 Å². The van der Waals surface area contributed by atoms with Crippen molar-refractivity contribution in [3.63, 3.8) is 0 Å². The van der Waals surface area contributed by atoms with Gasteiger partial charge in [0.05, 0.1) is 30.7 Å². The highest BCUT2D eigenvalue weighted by Gasteiger charge is 2.30. The maximum Gasteiger partial charge on any atom is 0.168 e. The summed E-state index contributed by atoms with van der Waals surface area (Å²) < 4.78 is 12.8. The van der Waals surface area contributed by atoms with Crippen LogP contribution in [-0.2, 0) is 29.0 Å². The van der Waals surface area contributed by atoms with Crippen LogP contribution in [0.15, 0.2) is 6.33 Å². The summed E-state index contributed by atoms with van der Waals surface area (Å²) in [6.07, 6.45) is 2.62. The molecule has 0 unspecified atom stereocenters. The second kappa shape index (κ2) is 6.03. The van der Waals surface area contributed by atoms with Gasteiger partial charge in [-0.15, -0.1) is 16.4 Å². The molecule has 1 aliphatic heterocycles. The van der Waals surface area contributed by atoms with Gasteiger partial charge in [-0.2, -0.15) is 0 Å². The van der Waals surface area contributed by atoms with E-state index in [-0.39, 0.29) is 5.60 Å². The third kappa shape index (κ3) is 2.79. The number of nitrogens with zero attached hydrogens (tertiary/aromatic N) is 4. The van der Waals surface area contributed by atoms with Gasteiger partial charge in [-0.05, 0) is 19.4 Å². The van der Waals surface area contributed by atoms with Gasteiger partial charge in [-0.1, -0.05) is 0 Å². The SMILES string of the molecule is COCCNCc1nc2c3c4c(sc3ncn2n1)COC(C)(C)C4. The van der Waals surface area contributed by atoms with E-state index in [0.717, 1.165) is 34.7 Å². The van der Waals surface area contributed by atoms with E-state index in [4.69, 9.17) is 14.5 Å². The number of hydrogen-bond donors (Lipinski definition) is 1. The summed E-state index contributed by atoms with van der Waals surface area (Å²) in [5.41, 5.74) is 2.05. The Labute approximate surface area is 144 Å². The molecular formula is C16H21N5O2S. The van der Waals surface area contributed by atoms with E-state index >= 15 is 0 Å². The zero-order valence-corrected chi connectivity index (χ0v) is 14.9.